The third-order valence-corrected chi connectivity index (χ3v) is 5.85. The molecular weight excluding hydrogens is 308 g/mol. The average molecular weight is 314 g/mol. The zero-order chi connectivity index (χ0) is 14.0. The summed E-state index contributed by atoms with van der Waals surface area (Å²) in [4.78, 5) is 10.7. The standard InChI is InChI=1S/C10H6N2O4S3/c11-4-6-1-2-17-9(6)12-19(15,16)8-3-7(5-18-8)10(13)14/h1-3,5,12H,(H,13,14). The molecule has 0 amide bonds. The van der Waals surface area contributed by atoms with Crippen LogP contribution in [-0.2, 0) is 10.0 Å². The van der Waals surface area contributed by atoms with E-state index in [0.29, 0.717) is 0 Å². The Kier molecular flexibility index (Phi) is 3.57. The van der Waals surface area contributed by atoms with Crippen LogP contribution in [0.1, 0.15) is 15.9 Å². The molecule has 0 saturated heterocycles. The lowest BCUT2D eigenvalue weighted by molar-refractivity contribution is 0.0697. The molecule has 0 radical (unpaired) electrons. The number of anilines is 1. The van der Waals surface area contributed by atoms with E-state index in [9.17, 15) is 13.2 Å². The quantitative estimate of drug-likeness (QED) is 0.899. The Morgan fingerprint density at radius 2 is 2.16 bits per heavy atom. The Bertz CT molecular complexity index is 767. The number of nitrogens with zero attached hydrogens (tertiary/aromatic N) is 1. The second-order valence-corrected chi connectivity index (χ2v) is 7.08. The SMILES string of the molecule is N#Cc1ccsc1NS(=O)(=O)c1cc(C(=O)O)cs1. The Morgan fingerprint density at radius 3 is 2.74 bits per heavy atom. The van der Waals surface area contributed by atoms with Crippen molar-refractivity contribution in [2.75, 3.05) is 4.72 Å². The van der Waals surface area contributed by atoms with Crippen LogP contribution in [0.25, 0.3) is 0 Å². The van der Waals surface area contributed by atoms with Gasteiger partial charge in [0.15, 0.2) is 0 Å². The summed E-state index contributed by atoms with van der Waals surface area (Å²) in [6.45, 7) is 0. The first-order valence-corrected chi connectivity index (χ1v) is 8.00. The van der Waals surface area contributed by atoms with Crippen LogP contribution in [0.4, 0.5) is 5.00 Å². The van der Waals surface area contributed by atoms with Gasteiger partial charge in [0.1, 0.15) is 15.3 Å². The fraction of sp³-hybridized carbons (Fsp3) is 0. The molecule has 2 rings (SSSR count). The van der Waals surface area contributed by atoms with Crippen molar-refractivity contribution in [1.29, 1.82) is 5.26 Å². The molecule has 2 heterocycles. The monoisotopic (exact) mass is 314 g/mol. The molecule has 0 aromatic carbocycles. The van der Waals surface area contributed by atoms with Crippen molar-refractivity contribution in [3.8, 4) is 6.07 Å². The van der Waals surface area contributed by atoms with Crippen molar-refractivity contribution >= 4 is 43.7 Å². The van der Waals surface area contributed by atoms with Gasteiger partial charge in [0.2, 0.25) is 0 Å². The lowest BCUT2D eigenvalue weighted by Gasteiger charge is -2.03. The minimum atomic E-state index is -3.86. The molecule has 0 atom stereocenters. The predicted octanol–water partition coefficient (Wildman–Crippen LogP) is 2.18. The molecule has 2 aromatic rings. The van der Waals surface area contributed by atoms with Crippen LogP contribution in [-0.4, -0.2) is 19.5 Å². The van der Waals surface area contributed by atoms with Crippen molar-refractivity contribution in [3.05, 3.63) is 34.0 Å². The number of sulfonamides is 1. The number of rotatable bonds is 4. The van der Waals surface area contributed by atoms with Gasteiger partial charge in [-0.2, -0.15) is 5.26 Å². The molecule has 0 bridgehead atoms. The minimum Gasteiger partial charge on any atom is -0.478 e. The summed E-state index contributed by atoms with van der Waals surface area (Å²) in [5.74, 6) is -1.19. The largest absolute Gasteiger partial charge is 0.478 e. The van der Waals surface area contributed by atoms with E-state index in [1.807, 2.05) is 6.07 Å². The molecule has 0 aliphatic carbocycles. The summed E-state index contributed by atoms with van der Waals surface area (Å²) < 4.78 is 26.2. The highest BCUT2D eigenvalue weighted by Gasteiger charge is 2.20. The van der Waals surface area contributed by atoms with Gasteiger partial charge in [0, 0.05) is 5.38 Å². The van der Waals surface area contributed by atoms with Gasteiger partial charge >= 0.3 is 5.97 Å². The van der Waals surface area contributed by atoms with Gasteiger partial charge < -0.3 is 5.11 Å². The molecule has 0 aliphatic rings. The minimum absolute atomic E-state index is 0.0861. The highest BCUT2D eigenvalue weighted by molar-refractivity contribution is 7.94. The van der Waals surface area contributed by atoms with E-state index < -0.39 is 16.0 Å². The number of carboxylic acids is 1. The topological polar surface area (TPSA) is 107 Å². The van der Waals surface area contributed by atoms with Crippen LogP contribution in [0.3, 0.4) is 0 Å². The van der Waals surface area contributed by atoms with Gasteiger partial charge in [-0.1, -0.05) is 0 Å². The van der Waals surface area contributed by atoms with Gasteiger partial charge in [-0.25, -0.2) is 13.2 Å². The highest BCUT2D eigenvalue weighted by Crippen LogP contribution is 2.28. The Labute approximate surface area is 116 Å². The number of aromatic carboxylic acids is 1. The maximum atomic E-state index is 12.0. The van der Waals surface area contributed by atoms with Gasteiger partial charge in [-0.3, -0.25) is 4.72 Å². The normalized spacial score (nSPS) is 10.9. The fourth-order valence-electron chi connectivity index (χ4n) is 1.22. The van der Waals surface area contributed by atoms with Gasteiger partial charge in [-0.15, -0.1) is 22.7 Å². The molecule has 9 heteroatoms. The third-order valence-electron chi connectivity index (χ3n) is 2.10. The van der Waals surface area contributed by atoms with E-state index in [1.54, 1.807) is 5.38 Å². The number of hydrogen-bond donors (Lipinski definition) is 2. The molecule has 2 N–H and O–H groups in total. The summed E-state index contributed by atoms with van der Waals surface area (Å²) in [7, 11) is -3.86. The smallest absolute Gasteiger partial charge is 0.336 e. The molecule has 19 heavy (non-hydrogen) atoms. The highest BCUT2D eigenvalue weighted by atomic mass is 32.2. The summed E-state index contributed by atoms with van der Waals surface area (Å²) in [6.07, 6.45) is 0. The molecule has 6 nitrogen and oxygen atoms in total. The van der Waals surface area contributed by atoms with Gasteiger partial charge in [0.05, 0.1) is 11.1 Å². The van der Waals surface area contributed by atoms with Gasteiger partial charge in [-0.05, 0) is 17.5 Å². The van der Waals surface area contributed by atoms with Crippen molar-refractivity contribution in [1.82, 2.24) is 0 Å². The van der Waals surface area contributed by atoms with Crippen molar-refractivity contribution < 1.29 is 18.3 Å². The molecule has 0 aliphatic heterocycles. The van der Waals surface area contributed by atoms with E-state index >= 15 is 0 Å². The summed E-state index contributed by atoms with van der Waals surface area (Å²) in [5, 5.41) is 20.6. The first kappa shape index (κ1) is 13.5. The third kappa shape index (κ3) is 2.76. The zero-order valence-corrected chi connectivity index (χ0v) is 11.6. The van der Waals surface area contributed by atoms with Crippen molar-refractivity contribution in [2.45, 2.75) is 4.21 Å². The van der Waals surface area contributed by atoms with Crippen molar-refractivity contribution in [3.63, 3.8) is 0 Å². The molecule has 98 valence electrons. The number of nitriles is 1. The number of carboxylic acid groups (broad SMARTS) is 1. The van der Waals surface area contributed by atoms with E-state index in [-0.39, 0.29) is 20.3 Å². The van der Waals surface area contributed by atoms with E-state index in [2.05, 4.69) is 4.72 Å². The van der Waals surface area contributed by atoms with Crippen LogP contribution in [0, 0.1) is 11.3 Å². The number of carbonyl (C=O) groups is 1. The van der Waals surface area contributed by atoms with Crippen LogP contribution >= 0.6 is 22.7 Å². The van der Waals surface area contributed by atoms with Crippen LogP contribution in [0.2, 0.25) is 0 Å². The first-order chi connectivity index (χ1) is 8.94. The maximum Gasteiger partial charge on any atom is 0.336 e. The molecule has 0 unspecified atom stereocenters. The predicted molar refractivity (Wildman–Crippen MR) is 71.1 cm³/mol. The maximum absolute atomic E-state index is 12.0. The Morgan fingerprint density at radius 1 is 1.42 bits per heavy atom. The van der Waals surface area contributed by atoms with Crippen LogP contribution in [0.15, 0.2) is 27.1 Å². The van der Waals surface area contributed by atoms with Crippen LogP contribution < -0.4 is 4.72 Å². The molecule has 0 spiro atoms. The summed E-state index contributed by atoms with van der Waals surface area (Å²) >= 11 is 1.89. The lowest BCUT2D eigenvalue weighted by Crippen LogP contribution is -2.11. The van der Waals surface area contributed by atoms with E-state index in [4.69, 9.17) is 10.4 Å². The number of nitrogens with one attached hydrogen (secondary N) is 1. The summed E-state index contributed by atoms with van der Waals surface area (Å²) in [5.41, 5.74) is 0.139. The number of thiophene rings is 2. The molecule has 0 fully saturated rings. The Balaban J connectivity index is 2.33. The average Bonchev–Trinajstić information content (AvgIpc) is 2.95. The van der Waals surface area contributed by atoms with Crippen molar-refractivity contribution in [2.24, 2.45) is 0 Å². The van der Waals surface area contributed by atoms with Gasteiger partial charge in [0.25, 0.3) is 10.0 Å². The van der Waals surface area contributed by atoms with Crippen LogP contribution in [0.5, 0.6) is 0 Å². The first-order valence-electron chi connectivity index (χ1n) is 4.76. The Hall–Kier alpha value is -1.89. The zero-order valence-electron chi connectivity index (χ0n) is 9.15. The second kappa shape index (κ2) is 5.00. The van der Waals surface area contributed by atoms with E-state index in [0.717, 1.165) is 28.7 Å². The molecule has 0 saturated carbocycles. The fourth-order valence-corrected chi connectivity index (χ4v) is 4.44. The molecular formula is C10H6N2O4S3. The van der Waals surface area contributed by atoms with E-state index in [1.165, 1.54) is 11.4 Å². The second-order valence-electron chi connectivity index (χ2n) is 3.34. The number of hydrogen-bond acceptors (Lipinski definition) is 6. The lowest BCUT2D eigenvalue weighted by atomic mass is 10.4. The molecule has 2 aromatic heterocycles. The summed E-state index contributed by atoms with van der Waals surface area (Å²) in [6, 6.07) is 4.44.